The van der Waals surface area contributed by atoms with Gasteiger partial charge >= 0.3 is 0 Å². The van der Waals surface area contributed by atoms with E-state index in [0.717, 1.165) is 0 Å². The number of nitrogens with zero attached hydrogens (tertiary/aromatic N) is 1. The van der Waals surface area contributed by atoms with Gasteiger partial charge in [0, 0.05) is 17.1 Å². The molecule has 0 spiro atoms. The Bertz CT molecular complexity index is 196. The second-order valence-electron chi connectivity index (χ2n) is 3.05. The Balaban J connectivity index is 2.11. The lowest BCUT2D eigenvalue weighted by molar-refractivity contribution is 0.543. The zero-order valence-electron chi connectivity index (χ0n) is 7.71. The van der Waals surface area contributed by atoms with Crippen molar-refractivity contribution in [3.63, 3.8) is 0 Å². The normalized spacial score (nSPS) is 13.2. The molecule has 1 atom stereocenters. The van der Waals surface area contributed by atoms with Gasteiger partial charge in [-0.25, -0.2) is 0 Å². The Labute approximate surface area is 78.0 Å². The quantitative estimate of drug-likeness (QED) is 0.758. The van der Waals surface area contributed by atoms with Crippen molar-refractivity contribution in [2.75, 3.05) is 7.05 Å². The molecule has 1 unspecified atom stereocenters. The maximum Gasteiger partial charge on any atom is 0.0794 e. The van der Waals surface area contributed by atoms with E-state index in [9.17, 15) is 0 Å². The summed E-state index contributed by atoms with van der Waals surface area (Å²) in [5.74, 6) is 0. The fourth-order valence-corrected chi connectivity index (χ4v) is 1.73. The van der Waals surface area contributed by atoms with Gasteiger partial charge in [0.05, 0.1) is 5.51 Å². The van der Waals surface area contributed by atoms with E-state index in [-0.39, 0.29) is 0 Å². The fourth-order valence-electron chi connectivity index (χ4n) is 1.09. The topological polar surface area (TPSA) is 24.9 Å². The zero-order chi connectivity index (χ0) is 8.81. The molecular formula is C9H16N2S. The van der Waals surface area contributed by atoms with E-state index in [1.54, 1.807) is 11.3 Å². The summed E-state index contributed by atoms with van der Waals surface area (Å²) < 4.78 is 0. The monoisotopic (exact) mass is 184 g/mol. The van der Waals surface area contributed by atoms with Crippen LogP contribution in [0.2, 0.25) is 0 Å². The minimum atomic E-state index is 0.637. The lowest BCUT2D eigenvalue weighted by Crippen LogP contribution is -2.20. The summed E-state index contributed by atoms with van der Waals surface area (Å²) in [5, 5.41) is 3.23. The summed E-state index contributed by atoms with van der Waals surface area (Å²) in [6, 6.07) is 0.637. The second kappa shape index (κ2) is 5.27. The van der Waals surface area contributed by atoms with Crippen LogP contribution in [0.3, 0.4) is 0 Å². The third-order valence-electron chi connectivity index (χ3n) is 2.04. The van der Waals surface area contributed by atoms with Crippen LogP contribution in [0.5, 0.6) is 0 Å². The molecule has 1 aromatic rings. The molecule has 0 aliphatic rings. The van der Waals surface area contributed by atoms with E-state index in [1.165, 1.54) is 24.1 Å². The van der Waals surface area contributed by atoms with Crippen molar-refractivity contribution in [3.8, 4) is 0 Å². The molecule has 0 saturated heterocycles. The summed E-state index contributed by atoms with van der Waals surface area (Å²) in [6.07, 6.45) is 5.64. The highest BCUT2D eigenvalue weighted by Gasteiger charge is 1.99. The van der Waals surface area contributed by atoms with E-state index in [0.29, 0.717) is 6.04 Å². The second-order valence-corrected chi connectivity index (χ2v) is 4.02. The molecule has 0 aromatic carbocycles. The Morgan fingerprint density at radius 2 is 2.50 bits per heavy atom. The molecule has 1 rings (SSSR count). The summed E-state index contributed by atoms with van der Waals surface area (Å²) in [7, 11) is 2.01. The van der Waals surface area contributed by atoms with Crippen molar-refractivity contribution in [1.82, 2.24) is 10.3 Å². The van der Waals surface area contributed by atoms with Gasteiger partial charge in [-0.1, -0.05) is 0 Å². The zero-order valence-corrected chi connectivity index (χ0v) is 8.53. The molecule has 0 aliphatic heterocycles. The number of rotatable bonds is 5. The lowest BCUT2D eigenvalue weighted by atomic mass is 10.1. The Kier molecular flexibility index (Phi) is 4.25. The predicted octanol–water partition coefficient (Wildman–Crippen LogP) is 2.07. The number of hydrogen-bond acceptors (Lipinski definition) is 3. The van der Waals surface area contributed by atoms with Crippen LogP contribution >= 0.6 is 11.3 Å². The van der Waals surface area contributed by atoms with Crippen molar-refractivity contribution < 1.29 is 0 Å². The maximum atomic E-state index is 4.04. The van der Waals surface area contributed by atoms with Gasteiger partial charge < -0.3 is 5.32 Å². The van der Waals surface area contributed by atoms with Crippen molar-refractivity contribution >= 4 is 11.3 Å². The average molecular weight is 184 g/mol. The number of aryl methyl sites for hydroxylation is 1. The van der Waals surface area contributed by atoms with Gasteiger partial charge in [-0.2, -0.15) is 0 Å². The highest BCUT2D eigenvalue weighted by Crippen LogP contribution is 2.10. The number of nitrogens with one attached hydrogen (secondary N) is 1. The Morgan fingerprint density at radius 3 is 3.08 bits per heavy atom. The third-order valence-corrected chi connectivity index (χ3v) is 2.88. The van der Waals surface area contributed by atoms with Crippen molar-refractivity contribution in [3.05, 3.63) is 16.6 Å². The van der Waals surface area contributed by atoms with Gasteiger partial charge in [0.25, 0.3) is 0 Å². The standard InChI is InChI=1S/C9H16N2S/c1-8(10-2)4-3-5-9-6-11-7-12-9/h6-8,10H,3-5H2,1-2H3. The van der Waals surface area contributed by atoms with E-state index >= 15 is 0 Å². The van der Waals surface area contributed by atoms with Crippen LogP contribution in [0.4, 0.5) is 0 Å². The molecule has 1 N–H and O–H groups in total. The smallest absolute Gasteiger partial charge is 0.0794 e. The van der Waals surface area contributed by atoms with Crippen molar-refractivity contribution in [2.24, 2.45) is 0 Å². The number of thiazole rings is 1. The number of hydrogen-bond donors (Lipinski definition) is 1. The summed E-state index contributed by atoms with van der Waals surface area (Å²) in [4.78, 5) is 5.44. The first-order chi connectivity index (χ1) is 5.83. The van der Waals surface area contributed by atoms with Crippen LogP contribution in [0.25, 0.3) is 0 Å². The minimum Gasteiger partial charge on any atom is -0.317 e. The minimum absolute atomic E-state index is 0.637. The van der Waals surface area contributed by atoms with Crippen LogP contribution in [0, 0.1) is 0 Å². The molecule has 0 radical (unpaired) electrons. The molecule has 68 valence electrons. The Morgan fingerprint density at radius 1 is 1.67 bits per heavy atom. The SMILES string of the molecule is CNC(C)CCCc1cncs1. The van der Waals surface area contributed by atoms with Gasteiger partial charge in [0.1, 0.15) is 0 Å². The lowest BCUT2D eigenvalue weighted by Gasteiger charge is -2.07. The van der Waals surface area contributed by atoms with E-state index in [4.69, 9.17) is 0 Å². The molecule has 0 fully saturated rings. The van der Waals surface area contributed by atoms with Crippen LogP contribution in [-0.4, -0.2) is 18.1 Å². The molecule has 0 aliphatic carbocycles. The molecule has 1 heterocycles. The van der Waals surface area contributed by atoms with E-state index < -0.39 is 0 Å². The molecule has 0 saturated carbocycles. The molecule has 12 heavy (non-hydrogen) atoms. The van der Waals surface area contributed by atoms with Crippen LogP contribution < -0.4 is 5.32 Å². The molecular weight excluding hydrogens is 168 g/mol. The first-order valence-corrected chi connectivity index (χ1v) is 5.25. The van der Waals surface area contributed by atoms with Crippen molar-refractivity contribution in [1.29, 1.82) is 0 Å². The summed E-state index contributed by atoms with van der Waals surface area (Å²) in [5.41, 5.74) is 1.90. The summed E-state index contributed by atoms with van der Waals surface area (Å²) in [6.45, 7) is 2.21. The largest absolute Gasteiger partial charge is 0.317 e. The summed E-state index contributed by atoms with van der Waals surface area (Å²) >= 11 is 1.75. The third kappa shape index (κ3) is 3.32. The van der Waals surface area contributed by atoms with Gasteiger partial charge in [0.2, 0.25) is 0 Å². The highest BCUT2D eigenvalue weighted by atomic mass is 32.1. The molecule has 0 bridgehead atoms. The van der Waals surface area contributed by atoms with Gasteiger partial charge in [-0.3, -0.25) is 4.98 Å². The molecule has 0 amide bonds. The number of aromatic nitrogens is 1. The Hall–Kier alpha value is -0.410. The first kappa shape index (κ1) is 9.68. The predicted molar refractivity (Wildman–Crippen MR) is 53.6 cm³/mol. The maximum absolute atomic E-state index is 4.04. The van der Waals surface area contributed by atoms with Gasteiger partial charge in [0.15, 0.2) is 0 Å². The van der Waals surface area contributed by atoms with E-state index in [2.05, 4.69) is 17.2 Å². The van der Waals surface area contributed by atoms with Gasteiger partial charge in [-0.05, 0) is 33.2 Å². The van der Waals surface area contributed by atoms with Crippen LogP contribution in [-0.2, 0) is 6.42 Å². The van der Waals surface area contributed by atoms with Crippen LogP contribution in [0.15, 0.2) is 11.7 Å². The fraction of sp³-hybridized carbons (Fsp3) is 0.667. The molecule has 3 heteroatoms. The van der Waals surface area contributed by atoms with E-state index in [1.807, 2.05) is 18.8 Å². The average Bonchev–Trinajstić information content (AvgIpc) is 2.57. The van der Waals surface area contributed by atoms with Gasteiger partial charge in [-0.15, -0.1) is 11.3 Å². The first-order valence-electron chi connectivity index (χ1n) is 4.37. The highest BCUT2D eigenvalue weighted by molar-refractivity contribution is 7.09. The van der Waals surface area contributed by atoms with Crippen LogP contribution in [0.1, 0.15) is 24.6 Å². The van der Waals surface area contributed by atoms with Crippen molar-refractivity contribution in [2.45, 2.75) is 32.2 Å². The molecule has 1 aromatic heterocycles. The molecule has 2 nitrogen and oxygen atoms in total.